The van der Waals surface area contributed by atoms with E-state index in [4.69, 9.17) is 0 Å². The van der Waals surface area contributed by atoms with Gasteiger partial charge in [-0.05, 0) is 0 Å². The number of hydrogen-bond donors (Lipinski definition) is 0. The van der Waals surface area contributed by atoms with Crippen molar-refractivity contribution in [2.75, 3.05) is 0 Å². The third-order valence-corrected chi connectivity index (χ3v) is 0. The van der Waals surface area contributed by atoms with E-state index in [1.54, 1.807) is 0 Å². The van der Waals surface area contributed by atoms with Crippen molar-refractivity contribution in [1.82, 2.24) is 0 Å². The molecule has 0 aliphatic heterocycles. The van der Waals surface area contributed by atoms with Crippen molar-refractivity contribution in [3.05, 3.63) is 0 Å². The first-order valence-corrected chi connectivity index (χ1v) is 5.24. The summed E-state index contributed by atoms with van der Waals surface area (Å²) in [7, 11) is 0. The zero-order valence-corrected chi connectivity index (χ0v) is 17.9. The summed E-state index contributed by atoms with van der Waals surface area (Å²) in [6.45, 7) is 0. The van der Waals surface area contributed by atoms with Crippen molar-refractivity contribution in [2.45, 2.75) is 0 Å². The Kier molecular flexibility index (Phi) is 24.5. The van der Waals surface area contributed by atoms with Gasteiger partial charge in [0.25, 0.3) is 0 Å². The number of halogens is 8. The molecule has 0 nitrogen and oxygen atoms in total. The van der Waals surface area contributed by atoms with Gasteiger partial charge in [-0.3, -0.25) is 0 Å². The predicted octanol–water partition coefficient (Wildman–Crippen LogP) is -3.39. The van der Waals surface area contributed by atoms with E-state index in [1.165, 1.54) is 0 Å². The van der Waals surface area contributed by atoms with Gasteiger partial charge in [0.05, 0.1) is 0 Å². The van der Waals surface area contributed by atoms with E-state index in [9.17, 15) is 28.2 Å². The minimum atomic E-state index is -6.83. The number of rotatable bonds is 0. The fourth-order valence-corrected chi connectivity index (χ4v) is 0. The van der Waals surface area contributed by atoms with Crippen LogP contribution in [-0.2, 0) is 0 Å². The third-order valence-electron chi connectivity index (χ3n) is 0. The topological polar surface area (TPSA) is 0 Å². The van der Waals surface area contributed by atoms with Gasteiger partial charge in [-0.15, -0.1) is 0 Å². The largest absolute Gasteiger partial charge is 1.04 e. The molecule has 0 N–H and O–H groups in total. The molecule has 0 fully saturated rings. The Morgan fingerprint density at radius 3 is 0.500 bits per heavy atom. The van der Waals surface area contributed by atoms with Crippen LogP contribution in [0.4, 0.5) is 28.2 Å². The summed E-state index contributed by atoms with van der Waals surface area (Å²) in [5.74, 6) is 0. The normalized spacial score (nSPS) is 10.0. The van der Waals surface area contributed by atoms with Crippen LogP contribution in [0.1, 0.15) is 0 Å². The molecule has 0 heterocycles. The molecule has 0 aromatic rings. The molecule has 0 radical (unpaired) electrons. The van der Waals surface area contributed by atoms with Crippen LogP contribution in [0.25, 0.3) is 0 Å². The first kappa shape index (κ1) is 25.1. The van der Waals surface area contributed by atoms with Crippen LogP contribution in [0, 0.1) is 0 Å². The maximum atomic E-state index is 9.85. The molecular formula is Al2CsF8K. The van der Waals surface area contributed by atoms with Crippen LogP contribution in [0.2, 0.25) is 0 Å². The summed E-state index contributed by atoms with van der Waals surface area (Å²) in [5.41, 5.74) is 0. The first-order valence-electron chi connectivity index (χ1n) is 1.75. The SMILES string of the molecule is [Cs+].[F][Al-]([F])([F])[F].[F][Al-]([F])([F])[F].[K+]. The van der Waals surface area contributed by atoms with Gasteiger partial charge in [0, 0.05) is 0 Å². The molecule has 0 atom stereocenters. The van der Waals surface area contributed by atoms with Gasteiger partial charge in [0.15, 0.2) is 0 Å². The van der Waals surface area contributed by atoms with Gasteiger partial charge in [0.2, 0.25) is 0 Å². The average Bonchev–Trinajstić information content (AvgIpc) is 1.12. The summed E-state index contributed by atoms with van der Waals surface area (Å²) in [6, 6.07) is 0. The molecule has 0 aromatic heterocycles. The fourth-order valence-electron chi connectivity index (χ4n) is 0. The van der Waals surface area contributed by atoms with Crippen molar-refractivity contribution in [3.8, 4) is 0 Å². The van der Waals surface area contributed by atoms with Crippen LogP contribution in [0.5, 0.6) is 0 Å². The molecule has 0 aliphatic rings. The fraction of sp³-hybridized carbons (Fsp3) is 0. The molecule has 0 aliphatic carbocycles. The van der Waals surface area contributed by atoms with E-state index in [1.807, 2.05) is 0 Å². The molecular weight excluding hydrogens is 378 g/mol. The van der Waals surface area contributed by atoms with Gasteiger partial charge >= 0.3 is 150 Å². The van der Waals surface area contributed by atoms with Crippen LogP contribution in [0.3, 0.4) is 0 Å². The molecule has 64 valence electrons. The Morgan fingerprint density at radius 1 is 0.500 bits per heavy atom. The van der Waals surface area contributed by atoms with E-state index in [0.717, 1.165) is 0 Å². The van der Waals surface area contributed by atoms with Crippen LogP contribution >= 0.6 is 0 Å². The molecule has 0 saturated carbocycles. The monoisotopic (exact) mass is 378 g/mol. The summed E-state index contributed by atoms with van der Waals surface area (Å²) < 4.78 is 78.8. The third kappa shape index (κ3) is 141. The van der Waals surface area contributed by atoms with E-state index in [2.05, 4.69) is 0 Å². The van der Waals surface area contributed by atoms with Crippen molar-refractivity contribution >= 4 is 29.8 Å². The Morgan fingerprint density at radius 2 is 0.500 bits per heavy atom. The summed E-state index contributed by atoms with van der Waals surface area (Å²) in [4.78, 5) is 0. The van der Waals surface area contributed by atoms with Crippen molar-refractivity contribution in [1.29, 1.82) is 0 Å². The van der Waals surface area contributed by atoms with Gasteiger partial charge in [-0.1, -0.05) is 0 Å². The summed E-state index contributed by atoms with van der Waals surface area (Å²) in [5, 5.41) is 0. The molecule has 0 aromatic carbocycles. The second-order valence-corrected chi connectivity index (χ2v) is 2.97. The number of hydrogen-bond acceptors (Lipinski definition) is 0. The maximum absolute atomic E-state index is 9.85. The van der Waals surface area contributed by atoms with E-state index >= 15 is 0 Å². The zero-order chi connectivity index (χ0) is 9.00. The standard InChI is InChI=1S/2Al.Cs.8FH.K/h;;;8*1H;/q2*+3;+1;;;;;;;;;+1/p-8. The second kappa shape index (κ2) is 11.7. The van der Waals surface area contributed by atoms with E-state index in [0.29, 0.717) is 0 Å². The molecule has 0 unspecified atom stereocenters. The molecule has 0 saturated heterocycles. The van der Waals surface area contributed by atoms with Crippen LogP contribution in [0.15, 0.2) is 0 Å². The van der Waals surface area contributed by atoms with Crippen LogP contribution in [-0.4, -0.2) is 29.8 Å². The summed E-state index contributed by atoms with van der Waals surface area (Å²) in [6.07, 6.45) is 0. The molecule has 12 heavy (non-hydrogen) atoms. The minimum absolute atomic E-state index is 0. The molecule has 0 amide bonds. The molecule has 0 spiro atoms. The average molecular weight is 378 g/mol. The van der Waals surface area contributed by atoms with E-state index < -0.39 is 29.8 Å². The smallest absolute Gasteiger partial charge is 0.510 e. The molecule has 12 heteroatoms. The van der Waals surface area contributed by atoms with Crippen molar-refractivity contribution in [3.63, 3.8) is 0 Å². The summed E-state index contributed by atoms with van der Waals surface area (Å²) >= 11 is -13.7. The van der Waals surface area contributed by atoms with Gasteiger partial charge in [-0.2, -0.15) is 0 Å². The van der Waals surface area contributed by atoms with Crippen molar-refractivity contribution < 1.29 is 148 Å². The Hall–Kier alpha value is 4.19. The Bertz CT molecular complexity index is 60.0. The van der Waals surface area contributed by atoms with Gasteiger partial charge < -0.3 is 28.2 Å². The minimum Gasteiger partial charge on any atom is -0.510 e. The van der Waals surface area contributed by atoms with Crippen LogP contribution < -0.4 is 120 Å². The Labute approximate surface area is 173 Å². The second-order valence-electron chi connectivity index (χ2n) is 0.990. The van der Waals surface area contributed by atoms with Crippen molar-refractivity contribution in [2.24, 2.45) is 0 Å². The van der Waals surface area contributed by atoms with E-state index in [-0.39, 0.29) is 120 Å². The molecule has 0 rings (SSSR count). The zero-order valence-electron chi connectivity index (χ0n) is 6.18. The van der Waals surface area contributed by atoms with Gasteiger partial charge in [-0.25, -0.2) is 0 Å². The quantitative estimate of drug-likeness (QED) is 0.305. The maximum Gasteiger partial charge on any atom is 1.04 e. The predicted molar refractivity (Wildman–Crippen MR) is 20.4 cm³/mol. The molecule has 0 bridgehead atoms. The van der Waals surface area contributed by atoms with Gasteiger partial charge in [0.1, 0.15) is 0 Å². The first-order chi connectivity index (χ1) is 4.00. The Balaban J connectivity index is -0.0000000457.